The average molecular weight is 291 g/mol. The van der Waals surface area contributed by atoms with Crippen LogP contribution in [-0.2, 0) is 13.2 Å². The van der Waals surface area contributed by atoms with Crippen molar-refractivity contribution >= 4 is 0 Å². The molecule has 2 nitrogen and oxygen atoms in total. The molecule has 0 aliphatic carbocycles. The van der Waals surface area contributed by atoms with Crippen LogP contribution in [0.3, 0.4) is 0 Å². The summed E-state index contributed by atoms with van der Waals surface area (Å²) in [4.78, 5) is 0. The van der Waals surface area contributed by atoms with Gasteiger partial charge in [-0.1, -0.05) is 44.2 Å². The highest BCUT2D eigenvalue weighted by Crippen LogP contribution is 2.20. The Bertz CT molecular complexity index is 599. The smallest absolute Gasteiger partial charge is 0.200 e. The average Bonchev–Trinajstić information content (AvgIpc) is 2.47. The van der Waals surface area contributed by atoms with E-state index in [1.807, 2.05) is 24.3 Å². The van der Waals surface area contributed by atoms with Gasteiger partial charge in [-0.3, -0.25) is 0 Å². The predicted molar refractivity (Wildman–Crippen MR) is 79.1 cm³/mol. The third-order valence-corrected chi connectivity index (χ3v) is 3.02. The van der Waals surface area contributed by atoms with Gasteiger partial charge in [-0.15, -0.1) is 0 Å². The zero-order valence-corrected chi connectivity index (χ0v) is 12.2. The fourth-order valence-corrected chi connectivity index (χ4v) is 1.91. The minimum Gasteiger partial charge on any atom is -0.486 e. The van der Waals surface area contributed by atoms with E-state index in [1.54, 1.807) is 0 Å². The number of nitrogens with one attached hydrogen (secondary N) is 1. The van der Waals surface area contributed by atoms with Crippen LogP contribution in [-0.4, -0.2) is 6.04 Å². The fraction of sp³-hybridized carbons (Fsp3) is 0.294. The molecule has 0 bridgehead atoms. The molecule has 112 valence electrons. The van der Waals surface area contributed by atoms with Gasteiger partial charge in [0.05, 0.1) is 0 Å². The van der Waals surface area contributed by atoms with Crippen LogP contribution in [0.2, 0.25) is 0 Å². The first-order chi connectivity index (χ1) is 10.1. The quantitative estimate of drug-likeness (QED) is 0.867. The minimum atomic E-state index is -0.949. The lowest BCUT2D eigenvalue weighted by molar-refractivity contribution is 0.284. The number of hydrogen-bond donors (Lipinski definition) is 1. The van der Waals surface area contributed by atoms with Crippen LogP contribution in [0, 0.1) is 11.6 Å². The third kappa shape index (κ3) is 4.53. The summed E-state index contributed by atoms with van der Waals surface area (Å²) in [5, 5.41) is 3.33. The molecule has 0 amide bonds. The van der Waals surface area contributed by atoms with Crippen molar-refractivity contribution in [3.05, 3.63) is 65.2 Å². The molecule has 0 atom stereocenters. The molecule has 0 radical (unpaired) electrons. The largest absolute Gasteiger partial charge is 0.486 e. The van der Waals surface area contributed by atoms with Gasteiger partial charge in [0.1, 0.15) is 6.61 Å². The second-order valence-corrected chi connectivity index (χ2v) is 5.20. The minimum absolute atomic E-state index is 0.0688. The second kappa shape index (κ2) is 7.18. The van der Waals surface area contributed by atoms with Crippen molar-refractivity contribution in [1.82, 2.24) is 5.32 Å². The van der Waals surface area contributed by atoms with Crippen LogP contribution >= 0.6 is 0 Å². The summed E-state index contributed by atoms with van der Waals surface area (Å²) in [7, 11) is 0. The highest BCUT2D eigenvalue weighted by Gasteiger charge is 2.08. The highest BCUT2D eigenvalue weighted by atomic mass is 19.2. The van der Waals surface area contributed by atoms with Crippen LogP contribution in [0.1, 0.15) is 25.0 Å². The van der Waals surface area contributed by atoms with Crippen molar-refractivity contribution in [3.63, 3.8) is 0 Å². The lowest BCUT2D eigenvalue weighted by Gasteiger charge is -2.11. The van der Waals surface area contributed by atoms with Crippen molar-refractivity contribution in [1.29, 1.82) is 0 Å². The molecule has 2 rings (SSSR count). The number of rotatable bonds is 6. The Morgan fingerprint density at radius 2 is 1.76 bits per heavy atom. The molecule has 2 aromatic rings. The molecule has 0 saturated heterocycles. The van der Waals surface area contributed by atoms with Gasteiger partial charge in [0, 0.05) is 12.6 Å². The van der Waals surface area contributed by atoms with Crippen LogP contribution in [0.15, 0.2) is 42.5 Å². The van der Waals surface area contributed by atoms with E-state index in [4.69, 9.17) is 4.74 Å². The number of halogens is 2. The van der Waals surface area contributed by atoms with E-state index in [2.05, 4.69) is 19.2 Å². The number of hydrogen-bond acceptors (Lipinski definition) is 2. The lowest BCUT2D eigenvalue weighted by Crippen LogP contribution is -2.21. The predicted octanol–water partition coefficient (Wildman–Crippen LogP) is 4.04. The first kappa shape index (κ1) is 15.4. The molecule has 0 aromatic heterocycles. The second-order valence-electron chi connectivity index (χ2n) is 5.20. The van der Waals surface area contributed by atoms with Gasteiger partial charge in [0.15, 0.2) is 11.6 Å². The Morgan fingerprint density at radius 3 is 2.52 bits per heavy atom. The zero-order valence-electron chi connectivity index (χ0n) is 12.2. The Labute approximate surface area is 123 Å². The molecule has 4 heteroatoms. The van der Waals surface area contributed by atoms with Crippen LogP contribution in [0.5, 0.6) is 5.75 Å². The van der Waals surface area contributed by atoms with E-state index in [1.165, 1.54) is 12.1 Å². The number of benzene rings is 2. The van der Waals surface area contributed by atoms with Crippen LogP contribution in [0.4, 0.5) is 8.78 Å². The molecule has 21 heavy (non-hydrogen) atoms. The lowest BCUT2D eigenvalue weighted by atomic mass is 10.1. The third-order valence-electron chi connectivity index (χ3n) is 3.02. The van der Waals surface area contributed by atoms with Gasteiger partial charge in [-0.2, -0.15) is 4.39 Å². The molecule has 0 heterocycles. The summed E-state index contributed by atoms with van der Waals surface area (Å²) in [6, 6.07) is 12.2. The van der Waals surface area contributed by atoms with Gasteiger partial charge in [-0.25, -0.2) is 4.39 Å². The van der Waals surface area contributed by atoms with Crippen molar-refractivity contribution in [3.8, 4) is 5.75 Å². The zero-order chi connectivity index (χ0) is 15.2. The Balaban J connectivity index is 2.00. The van der Waals surface area contributed by atoms with E-state index >= 15 is 0 Å². The topological polar surface area (TPSA) is 21.3 Å². The number of ether oxygens (including phenoxy) is 1. The summed E-state index contributed by atoms with van der Waals surface area (Å²) in [6.45, 7) is 5.13. The van der Waals surface area contributed by atoms with Gasteiger partial charge in [0.2, 0.25) is 5.82 Å². The first-order valence-electron chi connectivity index (χ1n) is 6.94. The molecular formula is C17H19F2NO. The Kier molecular flexibility index (Phi) is 5.28. The van der Waals surface area contributed by atoms with Gasteiger partial charge < -0.3 is 10.1 Å². The van der Waals surface area contributed by atoms with Crippen LogP contribution < -0.4 is 10.1 Å². The maximum Gasteiger partial charge on any atom is 0.200 e. The molecule has 0 saturated carbocycles. The monoisotopic (exact) mass is 291 g/mol. The maximum atomic E-state index is 13.5. The van der Waals surface area contributed by atoms with Gasteiger partial charge in [-0.05, 0) is 23.3 Å². The summed E-state index contributed by atoms with van der Waals surface area (Å²) in [6.07, 6.45) is 0. The van der Waals surface area contributed by atoms with Crippen LogP contribution in [0.25, 0.3) is 0 Å². The SMILES string of the molecule is CC(C)NCc1cccc(COc2cccc(F)c2F)c1. The first-order valence-corrected chi connectivity index (χ1v) is 6.94. The van der Waals surface area contributed by atoms with Crippen molar-refractivity contribution in [2.75, 3.05) is 0 Å². The van der Waals surface area contributed by atoms with E-state index < -0.39 is 11.6 Å². The molecular weight excluding hydrogens is 272 g/mol. The van der Waals surface area contributed by atoms with E-state index in [9.17, 15) is 8.78 Å². The van der Waals surface area contributed by atoms with Crippen molar-refractivity contribution < 1.29 is 13.5 Å². The van der Waals surface area contributed by atoms with E-state index in [-0.39, 0.29) is 12.4 Å². The van der Waals surface area contributed by atoms with Crippen molar-refractivity contribution in [2.24, 2.45) is 0 Å². The fourth-order valence-electron chi connectivity index (χ4n) is 1.91. The van der Waals surface area contributed by atoms with Gasteiger partial charge in [0.25, 0.3) is 0 Å². The molecule has 2 aromatic carbocycles. The normalized spacial score (nSPS) is 10.9. The summed E-state index contributed by atoms with van der Waals surface area (Å²) < 4.78 is 31.9. The van der Waals surface area contributed by atoms with Gasteiger partial charge >= 0.3 is 0 Å². The Hall–Kier alpha value is -1.94. The molecule has 0 unspecified atom stereocenters. The van der Waals surface area contributed by atoms with E-state index in [0.29, 0.717) is 6.04 Å². The molecule has 0 fully saturated rings. The standard InChI is InChI=1S/C17H19F2NO/c1-12(2)20-10-13-5-3-6-14(9-13)11-21-16-8-4-7-15(18)17(16)19/h3-9,12,20H,10-11H2,1-2H3. The van der Waals surface area contributed by atoms with E-state index in [0.717, 1.165) is 23.7 Å². The van der Waals surface area contributed by atoms with Crippen molar-refractivity contribution in [2.45, 2.75) is 33.0 Å². The maximum absolute atomic E-state index is 13.5. The molecule has 0 aliphatic heterocycles. The molecule has 0 spiro atoms. The molecule has 0 aliphatic rings. The Morgan fingerprint density at radius 1 is 1.05 bits per heavy atom. The highest BCUT2D eigenvalue weighted by molar-refractivity contribution is 5.27. The summed E-state index contributed by atoms with van der Waals surface area (Å²) >= 11 is 0. The summed E-state index contributed by atoms with van der Waals surface area (Å²) in [5.74, 6) is -1.92. The molecule has 1 N–H and O–H groups in total. The summed E-state index contributed by atoms with van der Waals surface area (Å²) in [5.41, 5.74) is 2.05.